The number of aromatic hydroxyl groups is 1. The van der Waals surface area contributed by atoms with Gasteiger partial charge in [-0.05, 0) is 29.9 Å². The van der Waals surface area contributed by atoms with Crippen molar-refractivity contribution < 1.29 is 19.4 Å². The van der Waals surface area contributed by atoms with Crippen LogP contribution in [0.2, 0.25) is 0 Å². The summed E-state index contributed by atoms with van der Waals surface area (Å²) in [7, 11) is 0. The fourth-order valence-corrected chi connectivity index (χ4v) is 3.78. The molecule has 4 rings (SSSR count). The number of ether oxygens (including phenoxy) is 2. The molecule has 0 spiro atoms. The summed E-state index contributed by atoms with van der Waals surface area (Å²) in [5, 5.41) is 10.7. The third kappa shape index (κ3) is 3.58. The van der Waals surface area contributed by atoms with Crippen molar-refractivity contribution in [3.05, 3.63) is 60.7 Å². The number of carbonyl (C=O) groups excluding carboxylic acids is 1. The van der Waals surface area contributed by atoms with Crippen LogP contribution in [0.5, 0.6) is 11.5 Å². The molecule has 0 atom stereocenters. The van der Waals surface area contributed by atoms with Gasteiger partial charge in [-0.25, -0.2) is 4.79 Å². The maximum atomic E-state index is 12.1. The zero-order chi connectivity index (χ0) is 17.9. The summed E-state index contributed by atoms with van der Waals surface area (Å²) in [6.07, 6.45) is 1.40. The standard InChI is InChI=1S/C21H18O4S/c22-17-18(25-21(23)24-13-14-11-12-14)20(16-9-5-2-6-10-16)26-19(17)15-7-3-1-4-8-15/h1-10,14,22H,11-13H2. The van der Waals surface area contributed by atoms with Gasteiger partial charge in [-0.15, -0.1) is 11.3 Å². The van der Waals surface area contributed by atoms with Crippen molar-refractivity contribution in [2.24, 2.45) is 5.92 Å². The molecule has 0 saturated heterocycles. The van der Waals surface area contributed by atoms with Gasteiger partial charge in [0.25, 0.3) is 0 Å². The second-order valence-electron chi connectivity index (χ2n) is 6.28. The molecule has 1 aliphatic rings. The number of hydrogen-bond donors (Lipinski definition) is 1. The number of thiophene rings is 1. The highest BCUT2D eigenvalue weighted by Gasteiger charge is 2.27. The van der Waals surface area contributed by atoms with E-state index in [1.807, 2.05) is 60.7 Å². The van der Waals surface area contributed by atoms with Gasteiger partial charge < -0.3 is 14.6 Å². The lowest BCUT2D eigenvalue weighted by Crippen LogP contribution is -2.12. The molecule has 3 aromatic rings. The summed E-state index contributed by atoms with van der Waals surface area (Å²) in [5.41, 5.74) is 1.74. The molecule has 1 saturated carbocycles. The smallest absolute Gasteiger partial charge is 0.503 e. The van der Waals surface area contributed by atoms with Gasteiger partial charge in [0, 0.05) is 0 Å². The molecule has 1 N–H and O–H groups in total. The first kappa shape index (κ1) is 16.7. The van der Waals surface area contributed by atoms with Crippen LogP contribution in [0.15, 0.2) is 60.7 Å². The Hall–Kier alpha value is -2.79. The molecule has 132 valence electrons. The molecule has 0 unspecified atom stereocenters. The highest BCUT2D eigenvalue weighted by Crippen LogP contribution is 2.51. The molecule has 1 aliphatic carbocycles. The van der Waals surface area contributed by atoms with E-state index < -0.39 is 6.16 Å². The van der Waals surface area contributed by atoms with E-state index in [-0.39, 0.29) is 11.5 Å². The van der Waals surface area contributed by atoms with Crippen molar-refractivity contribution >= 4 is 17.5 Å². The molecule has 0 aliphatic heterocycles. The molecule has 26 heavy (non-hydrogen) atoms. The normalized spacial score (nSPS) is 13.4. The van der Waals surface area contributed by atoms with Crippen molar-refractivity contribution in [3.63, 3.8) is 0 Å². The van der Waals surface area contributed by atoms with E-state index in [0.717, 1.165) is 24.0 Å². The summed E-state index contributed by atoms with van der Waals surface area (Å²) in [4.78, 5) is 13.4. The van der Waals surface area contributed by atoms with E-state index in [4.69, 9.17) is 9.47 Å². The van der Waals surface area contributed by atoms with Crippen LogP contribution in [-0.4, -0.2) is 17.9 Å². The van der Waals surface area contributed by atoms with Crippen molar-refractivity contribution in [2.45, 2.75) is 12.8 Å². The van der Waals surface area contributed by atoms with Crippen LogP contribution >= 0.6 is 11.3 Å². The first-order valence-electron chi connectivity index (χ1n) is 8.53. The van der Waals surface area contributed by atoms with E-state index in [0.29, 0.717) is 22.3 Å². The van der Waals surface area contributed by atoms with Crippen molar-refractivity contribution in [1.82, 2.24) is 0 Å². The Morgan fingerprint density at radius 1 is 0.962 bits per heavy atom. The van der Waals surface area contributed by atoms with E-state index in [9.17, 15) is 9.90 Å². The zero-order valence-electron chi connectivity index (χ0n) is 14.1. The second kappa shape index (κ2) is 7.22. The largest absolute Gasteiger partial charge is 0.514 e. The van der Waals surface area contributed by atoms with E-state index in [1.165, 1.54) is 11.3 Å². The Kier molecular flexibility index (Phi) is 4.63. The van der Waals surface area contributed by atoms with Crippen LogP contribution in [0.3, 0.4) is 0 Å². The van der Waals surface area contributed by atoms with Crippen molar-refractivity contribution in [2.75, 3.05) is 6.61 Å². The van der Waals surface area contributed by atoms with Gasteiger partial charge in [0.05, 0.1) is 16.4 Å². The quantitative estimate of drug-likeness (QED) is 0.587. The Labute approximate surface area is 155 Å². The topological polar surface area (TPSA) is 55.8 Å². The lowest BCUT2D eigenvalue weighted by atomic mass is 10.1. The van der Waals surface area contributed by atoms with E-state index in [2.05, 4.69) is 0 Å². The van der Waals surface area contributed by atoms with Crippen LogP contribution in [0, 0.1) is 5.92 Å². The molecular weight excluding hydrogens is 348 g/mol. The van der Waals surface area contributed by atoms with Crippen molar-refractivity contribution in [3.8, 4) is 32.4 Å². The van der Waals surface area contributed by atoms with E-state index in [1.54, 1.807) is 0 Å². The summed E-state index contributed by atoms with van der Waals surface area (Å²) in [6, 6.07) is 19.1. The SMILES string of the molecule is O=C(OCC1CC1)Oc1c(-c2ccccc2)sc(-c2ccccc2)c1O. The number of rotatable bonds is 5. The third-order valence-corrected chi connectivity index (χ3v) is 5.49. The predicted molar refractivity (Wildman–Crippen MR) is 102 cm³/mol. The average Bonchev–Trinajstić information content (AvgIpc) is 3.46. The van der Waals surface area contributed by atoms with Gasteiger partial charge in [0.15, 0.2) is 11.5 Å². The lowest BCUT2D eigenvalue weighted by Gasteiger charge is -2.07. The van der Waals surface area contributed by atoms with E-state index >= 15 is 0 Å². The second-order valence-corrected chi connectivity index (χ2v) is 7.30. The molecule has 1 aromatic heterocycles. The number of carbonyl (C=O) groups is 1. The summed E-state index contributed by atoms with van der Waals surface area (Å²) < 4.78 is 10.6. The molecule has 1 heterocycles. The summed E-state index contributed by atoms with van der Waals surface area (Å²) in [6.45, 7) is 0.371. The van der Waals surface area contributed by atoms with Crippen LogP contribution in [0.25, 0.3) is 20.9 Å². The maximum absolute atomic E-state index is 12.1. The summed E-state index contributed by atoms with van der Waals surface area (Å²) >= 11 is 1.39. The summed E-state index contributed by atoms with van der Waals surface area (Å²) in [5.74, 6) is 0.566. The van der Waals surface area contributed by atoms with Crippen LogP contribution < -0.4 is 4.74 Å². The Morgan fingerprint density at radius 3 is 2.12 bits per heavy atom. The average molecular weight is 366 g/mol. The minimum atomic E-state index is -0.776. The zero-order valence-corrected chi connectivity index (χ0v) is 14.9. The highest BCUT2D eigenvalue weighted by molar-refractivity contribution is 7.19. The molecule has 4 nitrogen and oxygen atoms in total. The van der Waals surface area contributed by atoms with Gasteiger partial charge in [-0.3, -0.25) is 0 Å². The highest BCUT2D eigenvalue weighted by atomic mass is 32.1. The molecule has 0 amide bonds. The Morgan fingerprint density at radius 2 is 1.54 bits per heavy atom. The molecule has 2 aromatic carbocycles. The minimum absolute atomic E-state index is 0.0385. The predicted octanol–water partition coefficient (Wildman–Crippen LogP) is 5.71. The first-order valence-corrected chi connectivity index (χ1v) is 9.35. The molecular formula is C21H18O4S. The molecule has 0 radical (unpaired) electrons. The van der Waals surface area contributed by atoms with Gasteiger partial charge >= 0.3 is 6.16 Å². The lowest BCUT2D eigenvalue weighted by molar-refractivity contribution is 0.0942. The number of benzene rings is 2. The molecule has 0 bridgehead atoms. The van der Waals surface area contributed by atoms with Gasteiger partial charge in [-0.2, -0.15) is 0 Å². The van der Waals surface area contributed by atoms with Crippen LogP contribution in [0.1, 0.15) is 12.8 Å². The van der Waals surface area contributed by atoms with Gasteiger partial charge in [-0.1, -0.05) is 60.7 Å². The first-order chi connectivity index (χ1) is 12.7. The molecule has 1 fully saturated rings. The fourth-order valence-electron chi connectivity index (χ4n) is 2.65. The Bertz CT molecular complexity index is 899. The van der Waals surface area contributed by atoms with Crippen LogP contribution in [-0.2, 0) is 4.74 Å². The fraction of sp³-hybridized carbons (Fsp3) is 0.190. The van der Waals surface area contributed by atoms with Crippen molar-refractivity contribution in [1.29, 1.82) is 0 Å². The monoisotopic (exact) mass is 366 g/mol. The third-order valence-electron chi connectivity index (χ3n) is 4.23. The maximum Gasteiger partial charge on any atom is 0.514 e. The molecule has 5 heteroatoms. The van der Waals surface area contributed by atoms with Gasteiger partial charge in [0.1, 0.15) is 0 Å². The minimum Gasteiger partial charge on any atom is -0.503 e. The number of hydrogen-bond acceptors (Lipinski definition) is 5. The van der Waals surface area contributed by atoms with Crippen LogP contribution in [0.4, 0.5) is 4.79 Å². The van der Waals surface area contributed by atoms with Gasteiger partial charge in [0.2, 0.25) is 0 Å². The Balaban J connectivity index is 1.70.